The smallest absolute Gasteiger partial charge is 0.191 e. The first kappa shape index (κ1) is 22.9. The van der Waals surface area contributed by atoms with Crippen molar-refractivity contribution in [3.8, 4) is 11.5 Å². The number of aromatic nitrogens is 1. The number of fused-ring (bicyclic) bond motifs is 1. The first-order chi connectivity index (χ1) is 16.2. The van der Waals surface area contributed by atoms with Crippen LogP contribution in [0, 0.1) is 0 Å². The first-order valence-electron chi connectivity index (χ1n) is 11.5. The summed E-state index contributed by atoms with van der Waals surface area (Å²) < 4.78 is 10.8. The van der Waals surface area contributed by atoms with Crippen molar-refractivity contribution in [3.05, 3.63) is 66.0 Å². The summed E-state index contributed by atoms with van der Waals surface area (Å²) in [6.45, 7) is 6.29. The van der Waals surface area contributed by atoms with Crippen LogP contribution in [-0.2, 0) is 13.1 Å². The van der Waals surface area contributed by atoms with E-state index in [9.17, 15) is 0 Å². The SMILES string of the molecule is CCNC(=NCc1nccc2ccccc12)NC1CCN(Cc2cc(OC)cc(OC)c2)C1. The number of hydrogen-bond acceptors (Lipinski definition) is 5. The quantitative estimate of drug-likeness (QED) is 0.406. The molecule has 0 aliphatic carbocycles. The molecule has 1 fully saturated rings. The van der Waals surface area contributed by atoms with Crippen LogP contribution in [0.15, 0.2) is 59.7 Å². The Labute approximate surface area is 195 Å². The highest BCUT2D eigenvalue weighted by molar-refractivity contribution is 5.85. The van der Waals surface area contributed by atoms with E-state index < -0.39 is 0 Å². The van der Waals surface area contributed by atoms with Crippen LogP contribution in [0.1, 0.15) is 24.6 Å². The maximum atomic E-state index is 5.41. The molecule has 1 aliphatic rings. The molecule has 0 amide bonds. The molecule has 0 spiro atoms. The van der Waals surface area contributed by atoms with Gasteiger partial charge in [-0.25, -0.2) is 4.99 Å². The first-order valence-corrected chi connectivity index (χ1v) is 11.5. The highest BCUT2D eigenvalue weighted by Crippen LogP contribution is 2.24. The van der Waals surface area contributed by atoms with Crippen LogP contribution in [0.3, 0.4) is 0 Å². The molecule has 174 valence electrons. The number of aliphatic imine (C=N–C) groups is 1. The number of rotatable bonds is 8. The lowest BCUT2D eigenvalue weighted by molar-refractivity contribution is 0.321. The van der Waals surface area contributed by atoms with Crippen molar-refractivity contribution in [2.45, 2.75) is 32.5 Å². The summed E-state index contributed by atoms with van der Waals surface area (Å²) >= 11 is 0. The summed E-state index contributed by atoms with van der Waals surface area (Å²) in [5.41, 5.74) is 2.18. The second kappa shape index (κ2) is 11.0. The van der Waals surface area contributed by atoms with Gasteiger partial charge in [-0.15, -0.1) is 0 Å². The Kier molecular flexibility index (Phi) is 7.62. The van der Waals surface area contributed by atoms with Gasteiger partial charge in [0, 0.05) is 49.9 Å². The molecule has 33 heavy (non-hydrogen) atoms. The zero-order chi connectivity index (χ0) is 23.0. The van der Waals surface area contributed by atoms with Crippen LogP contribution in [-0.4, -0.2) is 55.7 Å². The minimum Gasteiger partial charge on any atom is -0.497 e. The number of guanidine groups is 1. The third-order valence-electron chi connectivity index (χ3n) is 5.92. The number of methoxy groups -OCH3 is 2. The average molecular weight is 448 g/mol. The number of ether oxygens (including phenoxy) is 2. The summed E-state index contributed by atoms with van der Waals surface area (Å²) in [5, 5.41) is 9.34. The topological polar surface area (TPSA) is 71.0 Å². The van der Waals surface area contributed by atoms with Gasteiger partial charge < -0.3 is 20.1 Å². The molecule has 1 aromatic heterocycles. The van der Waals surface area contributed by atoms with Gasteiger partial charge in [-0.1, -0.05) is 24.3 Å². The predicted octanol–water partition coefficient (Wildman–Crippen LogP) is 3.58. The molecule has 1 saturated heterocycles. The van der Waals surface area contributed by atoms with E-state index in [1.54, 1.807) is 14.2 Å². The fourth-order valence-corrected chi connectivity index (χ4v) is 4.29. The monoisotopic (exact) mass is 447 g/mol. The van der Waals surface area contributed by atoms with Gasteiger partial charge in [-0.05, 0) is 42.5 Å². The van der Waals surface area contributed by atoms with Crippen molar-refractivity contribution in [2.24, 2.45) is 4.99 Å². The third-order valence-corrected chi connectivity index (χ3v) is 5.92. The maximum Gasteiger partial charge on any atom is 0.191 e. The minimum atomic E-state index is 0.343. The molecule has 7 nitrogen and oxygen atoms in total. The molecule has 2 N–H and O–H groups in total. The van der Waals surface area contributed by atoms with Crippen molar-refractivity contribution in [2.75, 3.05) is 33.9 Å². The fourth-order valence-electron chi connectivity index (χ4n) is 4.29. The number of nitrogens with zero attached hydrogens (tertiary/aromatic N) is 3. The number of benzene rings is 2. The van der Waals surface area contributed by atoms with Crippen LogP contribution in [0.5, 0.6) is 11.5 Å². The molecule has 2 aromatic carbocycles. The molecule has 1 atom stereocenters. The standard InChI is InChI=1S/C26H33N5O2/c1-4-27-26(29-16-25-24-8-6-5-7-20(24)9-11-28-25)30-21-10-12-31(18-21)17-19-13-22(32-2)15-23(14-19)33-3/h5-9,11,13-15,21H,4,10,12,16-18H2,1-3H3,(H2,27,29,30). The number of pyridine rings is 1. The minimum absolute atomic E-state index is 0.343. The molecule has 1 unspecified atom stereocenters. The van der Waals surface area contributed by atoms with Gasteiger partial charge >= 0.3 is 0 Å². The number of likely N-dealkylation sites (tertiary alicyclic amines) is 1. The summed E-state index contributed by atoms with van der Waals surface area (Å²) in [6, 6.07) is 16.8. The lowest BCUT2D eigenvalue weighted by Gasteiger charge is -2.19. The lowest BCUT2D eigenvalue weighted by atomic mass is 10.1. The van der Waals surface area contributed by atoms with E-state index >= 15 is 0 Å². The van der Waals surface area contributed by atoms with Gasteiger partial charge in [0.1, 0.15) is 11.5 Å². The van der Waals surface area contributed by atoms with E-state index in [2.05, 4.69) is 57.8 Å². The van der Waals surface area contributed by atoms with Gasteiger partial charge in [0.15, 0.2) is 5.96 Å². The molecule has 1 aliphatic heterocycles. The highest BCUT2D eigenvalue weighted by Gasteiger charge is 2.23. The van der Waals surface area contributed by atoms with E-state index in [0.29, 0.717) is 12.6 Å². The van der Waals surface area contributed by atoms with Gasteiger partial charge in [-0.3, -0.25) is 9.88 Å². The Morgan fingerprint density at radius 2 is 1.91 bits per heavy atom. The zero-order valence-electron chi connectivity index (χ0n) is 19.7. The van der Waals surface area contributed by atoms with Crippen molar-refractivity contribution in [3.63, 3.8) is 0 Å². The second-order valence-corrected chi connectivity index (χ2v) is 8.26. The predicted molar refractivity (Wildman–Crippen MR) is 133 cm³/mol. The van der Waals surface area contributed by atoms with Crippen molar-refractivity contribution < 1.29 is 9.47 Å². The van der Waals surface area contributed by atoms with Gasteiger partial charge in [0.05, 0.1) is 26.5 Å². The molecule has 0 radical (unpaired) electrons. The molecule has 7 heteroatoms. The molecule has 4 rings (SSSR count). The summed E-state index contributed by atoms with van der Waals surface area (Å²) in [7, 11) is 3.37. The van der Waals surface area contributed by atoms with Crippen molar-refractivity contribution >= 4 is 16.7 Å². The van der Waals surface area contributed by atoms with Crippen molar-refractivity contribution in [1.29, 1.82) is 0 Å². The molecule has 3 aromatic rings. The average Bonchev–Trinajstić information content (AvgIpc) is 3.28. The Bertz CT molecular complexity index is 1070. The lowest BCUT2D eigenvalue weighted by Crippen LogP contribution is -2.44. The second-order valence-electron chi connectivity index (χ2n) is 8.26. The van der Waals surface area contributed by atoms with E-state index in [1.807, 2.05) is 24.4 Å². The summed E-state index contributed by atoms with van der Waals surface area (Å²) in [6.07, 6.45) is 2.92. The van der Waals surface area contributed by atoms with E-state index in [1.165, 1.54) is 10.9 Å². The Morgan fingerprint density at radius 3 is 2.67 bits per heavy atom. The van der Waals surface area contributed by atoms with Crippen LogP contribution in [0.25, 0.3) is 10.8 Å². The van der Waals surface area contributed by atoms with Crippen molar-refractivity contribution in [1.82, 2.24) is 20.5 Å². The van der Waals surface area contributed by atoms with Gasteiger partial charge in [-0.2, -0.15) is 0 Å². The number of nitrogens with one attached hydrogen (secondary N) is 2. The van der Waals surface area contributed by atoms with E-state index in [4.69, 9.17) is 14.5 Å². The number of hydrogen-bond donors (Lipinski definition) is 2. The van der Waals surface area contributed by atoms with Crippen LogP contribution < -0.4 is 20.1 Å². The summed E-state index contributed by atoms with van der Waals surface area (Å²) in [4.78, 5) is 11.8. The van der Waals surface area contributed by atoms with Gasteiger partial charge in [0.25, 0.3) is 0 Å². The normalized spacial score (nSPS) is 16.7. The molecule has 0 bridgehead atoms. The summed E-state index contributed by atoms with van der Waals surface area (Å²) in [5.74, 6) is 2.48. The van der Waals surface area contributed by atoms with E-state index in [0.717, 1.165) is 61.1 Å². The van der Waals surface area contributed by atoms with Crippen LogP contribution in [0.4, 0.5) is 0 Å². The molecular weight excluding hydrogens is 414 g/mol. The molecule has 2 heterocycles. The van der Waals surface area contributed by atoms with Gasteiger partial charge in [0.2, 0.25) is 0 Å². The third kappa shape index (κ3) is 5.93. The molecular formula is C26H33N5O2. The highest BCUT2D eigenvalue weighted by atomic mass is 16.5. The Morgan fingerprint density at radius 1 is 1.12 bits per heavy atom. The largest absolute Gasteiger partial charge is 0.497 e. The zero-order valence-corrected chi connectivity index (χ0v) is 19.7. The van der Waals surface area contributed by atoms with Crippen LogP contribution >= 0.6 is 0 Å². The van der Waals surface area contributed by atoms with Crippen LogP contribution in [0.2, 0.25) is 0 Å². The Balaban J connectivity index is 1.39. The molecule has 0 saturated carbocycles. The Hall–Kier alpha value is -3.32. The van der Waals surface area contributed by atoms with E-state index in [-0.39, 0.29) is 0 Å². The maximum absolute atomic E-state index is 5.41. The fraction of sp³-hybridized carbons (Fsp3) is 0.385.